The molecule has 19 heavy (non-hydrogen) atoms. The molecule has 5 heteroatoms. The molecule has 1 aliphatic rings. The number of hydrogen-bond acceptors (Lipinski definition) is 2. The second kappa shape index (κ2) is 4.89. The summed E-state index contributed by atoms with van der Waals surface area (Å²) in [6.45, 7) is 5.15. The zero-order chi connectivity index (χ0) is 14.2. The van der Waals surface area contributed by atoms with Crippen LogP contribution in [-0.4, -0.2) is 29.9 Å². The molecule has 0 saturated carbocycles. The molecule has 2 rings (SSSR count). The van der Waals surface area contributed by atoms with Gasteiger partial charge in [-0.1, -0.05) is 13.8 Å². The van der Waals surface area contributed by atoms with Crippen molar-refractivity contribution in [3.05, 3.63) is 35.4 Å². The van der Waals surface area contributed by atoms with Gasteiger partial charge in [-0.25, -0.2) is 8.78 Å². The molecule has 1 aliphatic heterocycles. The van der Waals surface area contributed by atoms with Gasteiger partial charge in [0.25, 0.3) is 5.91 Å². The number of nitrogens with zero attached hydrogens (tertiary/aromatic N) is 1. The Kier molecular flexibility index (Phi) is 3.58. The number of piperidine rings is 1. The van der Waals surface area contributed by atoms with E-state index in [1.807, 2.05) is 0 Å². The molecule has 0 bridgehead atoms. The zero-order valence-electron chi connectivity index (χ0n) is 11.1. The van der Waals surface area contributed by atoms with E-state index >= 15 is 0 Å². The Morgan fingerprint density at radius 3 is 2.63 bits per heavy atom. The maximum absolute atomic E-state index is 13.1. The molecule has 0 aromatic heterocycles. The SMILES string of the molecule is CC1(C)CCN(C(=O)c2ccc(F)c(F)c2)CC1N. The Morgan fingerprint density at radius 1 is 1.37 bits per heavy atom. The van der Waals surface area contributed by atoms with Gasteiger partial charge < -0.3 is 10.6 Å². The van der Waals surface area contributed by atoms with E-state index in [-0.39, 0.29) is 22.9 Å². The average Bonchev–Trinajstić information content (AvgIpc) is 2.35. The minimum absolute atomic E-state index is 0.00910. The fraction of sp³-hybridized carbons (Fsp3) is 0.500. The highest BCUT2D eigenvalue weighted by Crippen LogP contribution is 2.29. The molecule has 0 spiro atoms. The third-order valence-corrected chi connectivity index (χ3v) is 3.90. The highest BCUT2D eigenvalue weighted by atomic mass is 19.2. The zero-order valence-corrected chi connectivity index (χ0v) is 11.1. The third-order valence-electron chi connectivity index (χ3n) is 3.90. The lowest BCUT2D eigenvalue weighted by Gasteiger charge is -2.42. The molecular formula is C14H18F2N2O. The summed E-state index contributed by atoms with van der Waals surface area (Å²) in [5, 5.41) is 0. The van der Waals surface area contributed by atoms with Crippen LogP contribution in [0.5, 0.6) is 0 Å². The normalized spacial score (nSPS) is 22.4. The van der Waals surface area contributed by atoms with Gasteiger partial charge in [-0.15, -0.1) is 0 Å². The van der Waals surface area contributed by atoms with Crippen LogP contribution in [0, 0.1) is 17.0 Å². The fourth-order valence-electron chi connectivity index (χ4n) is 2.18. The first-order valence-corrected chi connectivity index (χ1v) is 6.31. The van der Waals surface area contributed by atoms with Crippen LogP contribution in [0.15, 0.2) is 18.2 Å². The van der Waals surface area contributed by atoms with Gasteiger partial charge >= 0.3 is 0 Å². The number of carbonyl (C=O) groups is 1. The number of carbonyl (C=O) groups excluding carboxylic acids is 1. The summed E-state index contributed by atoms with van der Waals surface area (Å²) < 4.78 is 26.0. The van der Waals surface area contributed by atoms with Crippen LogP contribution in [0.3, 0.4) is 0 Å². The summed E-state index contributed by atoms with van der Waals surface area (Å²) in [6, 6.07) is 3.08. The van der Waals surface area contributed by atoms with Crippen LogP contribution in [0.1, 0.15) is 30.6 Å². The highest BCUT2D eigenvalue weighted by Gasteiger charge is 2.35. The summed E-state index contributed by atoms with van der Waals surface area (Å²) >= 11 is 0. The lowest BCUT2D eigenvalue weighted by molar-refractivity contribution is 0.0575. The van der Waals surface area contributed by atoms with Gasteiger partial charge in [0.2, 0.25) is 0 Å². The van der Waals surface area contributed by atoms with Gasteiger partial charge in [-0.05, 0) is 30.0 Å². The Balaban J connectivity index is 2.14. The molecule has 1 amide bonds. The van der Waals surface area contributed by atoms with Gasteiger partial charge in [-0.2, -0.15) is 0 Å². The number of rotatable bonds is 1. The first-order valence-electron chi connectivity index (χ1n) is 6.31. The van der Waals surface area contributed by atoms with Gasteiger partial charge in [0.05, 0.1) is 0 Å². The Bertz CT molecular complexity index is 502. The Labute approximate surface area is 111 Å². The monoisotopic (exact) mass is 268 g/mol. The van der Waals surface area contributed by atoms with Crippen LogP contribution in [-0.2, 0) is 0 Å². The predicted molar refractivity (Wildman–Crippen MR) is 68.6 cm³/mol. The van der Waals surface area contributed by atoms with Crippen molar-refractivity contribution in [1.82, 2.24) is 4.90 Å². The lowest BCUT2D eigenvalue weighted by atomic mass is 9.78. The second-order valence-corrected chi connectivity index (χ2v) is 5.73. The van der Waals surface area contributed by atoms with Crippen molar-refractivity contribution < 1.29 is 13.6 Å². The number of hydrogen-bond donors (Lipinski definition) is 1. The second-order valence-electron chi connectivity index (χ2n) is 5.73. The quantitative estimate of drug-likeness (QED) is 0.848. The molecule has 3 nitrogen and oxygen atoms in total. The molecule has 1 fully saturated rings. The topological polar surface area (TPSA) is 46.3 Å². The van der Waals surface area contributed by atoms with Crippen molar-refractivity contribution in [2.75, 3.05) is 13.1 Å². The molecule has 1 heterocycles. The van der Waals surface area contributed by atoms with Gasteiger partial charge in [0.1, 0.15) is 0 Å². The number of nitrogens with two attached hydrogens (primary N) is 1. The first kappa shape index (κ1) is 13.9. The largest absolute Gasteiger partial charge is 0.337 e. The lowest BCUT2D eigenvalue weighted by Crippen LogP contribution is -2.54. The molecule has 104 valence electrons. The number of likely N-dealkylation sites (tertiary alicyclic amines) is 1. The molecule has 1 aromatic rings. The minimum Gasteiger partial charge on any atom is -0.337 e. The molecule has 1 atom stereocenters. The third kappa shape index (κ3) is 2.76. The van der Waals surface area contributed by atoms with Crippen molar-refractivity contribution in [1.29, 1.82) is 0 Å². The fourth-order valence-corrected chi connectivity index (χ4v) is 2.18. The molecule has 2 N–H and O–H groups in total. The number of amides is 1. The van der Waals surface area contributed by atoms with Gasteiger partial charge in [-0.3, -0.25) is 4.79 Å². The van der Waals surface area contributed by atoms with E-state index in [2.05, 4.69) is 13.8 Å². The van der Waals surface area contributed by atoms with Crippen molar-refractivity contribution in [3.63, 3.8) is 0 Å². The van der Waals surface area contributed by atoms with E-state index in [0.29, 0.717) is 13.1 Å². The first-order chi connectivity index (χ1) is 8.81. The van der Waals surface area contributed by atoms with Crippen molar-refractivity contribution in [3.8, 4) is 0 Å². The van der Waals surface area contributed by atoms with Crippen molar-refractivity contribution in [2.45, 2.75) is 26.3 Å². The van der Waals surface area contributed by atoms with E-state index in [9.17, 15) is 13.6 Å². The van der Waals surface area contributed by atoms with Crippen LogP contribution in [0.4, 0.5) is 8.78 Å². The highest BCUT2D eigenvalue weighted by molar-refractivity contribution is 5.94. The Morgan fingerprint density at radius 2 is 2.05 bits per heavy atom. The molecule has 0 aliphatic carbocycles. The van der Waals surface area contributed by atoms with E-state index in [4.69, 9.17) is 5.73 Å². The van der Waals surface area contributed by atoms with Crippen LogP contribution in [0.25, 0.3) is 0 Å². The summed E-state index contributed by atoms with van der Waals surface area (Å²) in [4.78, 5) is 13.8. The molecule has 0 radical (unpaired) electrons. The van der Waals surface area contributed by atoms with E-state index in [1.165, 1.54) is 6.07 Å². The maximum Gasteiger partial charge on any atom is 0.254 e. The van der Waals surface area contributed by atoms with Crippen LogP contribution >= 0.6 is 0 Å². The van der Waals surface area contributed by atoms with Crippen molar-refractivity contribution >= 4 is 5.91 Å². The molecule has 1 aromatic carbocycles. The van der Waals surface area contributed by atoms with E-state index in [1.54, 1.807) is 4.90 Å². The summed E-state index contributed by atoms with van der Waals surface area (Å²) in [6.07, 6.45) is 0.795. The Hall–Kier alpha value is -1.49. The summed E-state index contributed by atoms with van der Waals surface area (Å²) in [5.41, 5.74) is 6.19. The molecule has 1 unspecified atom stereocenters. The standard InChI is InChI=1S/C14H18F2N2O/c1-14(2)5-6-18(8-12(14)17)13(19)9-3-4-10(15)11(16)7-9/h3-4,7,12H,5-6,8,17H2,1-2H3. The molecule has 1 saturated heterocycles. The van der Waals surface area contributed by atoms with Gasteiger partial charge in [0.15, 0.2) is 11.6 Å². The minimum atomic E-state index is -1.01. The van der Waals surface area contributed by atoms with E-state index < -0.39 is 11.6 Å². The van der Waals surface area contributed by atoms with Crippen LogP contribution in [0.2, 0.25) is 0 Å². The summed E-state index contributed by atoms with van der Waals surface area (Å²) in [7, 11) is 0. The number of benzene rings is 1. The van der Waals surface area contributed by atoms with E-state index in [0.717, 1.165) is 18.6 Å². The molecular weight excluding hydrogens is 250 g/mol. The van der Waals surface area contributed by atoms with Gasteiger partial charge in [0, 0.05) is 24.7 Å². The van der Waals surface area contributed by atoms with Crippen molar-refractivity contribution in [2.24, 2.45) is 11.1 Å². The maximum atomic E-state index is 13.1. The van der Waals surface area contributed by atoms with Crippen LogP contribution < -0.4 is 5.73 Å². The smallest absolute Gasteiger partial charge is 0.254 e. The number of halogens is 2. The predicted octanol–water partition coefficient (Wildman–Crippen LogP) is 2.16. The average molecular weight is 268 g/mol. The summed E-state index contributed by atoms with van der Waals surface area (Å²) in [5.74, 6) is -2.26.